The molecule has 2 rings (SSSR count). The molecule has 1 aromatic carbocycles. The van der Waals surface area contributed by atoms with E-state index in [1.165, 1.54) is 0 Å². The molecule has 1 heterocycles. The van der Waals surface area contributed by atoms with Gasteiger partial charge in [0.2, 0.25) is 5.88 Å². The SMILES string of the molecule is CC(C)(CO)COCc1cccc(Oc2ccccc2)n1. The fourth-order valence-corrected chi connectivity index (χ4v) is 1.68. The molecule has 0 unspecified atom stereocenters. The van der Waals surface area contributed by atoms with Gasteiger partial charge in [-0.05, 0) is 18.2 Å². The largest absolute Gasteiger partial charge is 0.439 e. The molecule has 1 aromatic heterocycles. The maximum atomic E-state index is 9.18. The van der Waals surface area contributed by atoms with E-state index in [2.05, 4.69) is 4.98 Å². The van der Waals surface area contributed by atoms with Crippen LogP contribution in [0.15, 0.2) is 48.5 Å². The minimum atomic E-state index is -0.238. The molecule has 0 aliphatic rings. The molecule has 0 fully saturated rings. The van der Waals surface area contributed by atoms with Gasteiger partial charge in [-0.3, -0.25) is 0 Å². The Labute approximate surface area is 125 Å². The first-order valence-corrected chi connectivity index (χ1v) is 6.96. The Kier molecular flexibility index (Phi) is 5.31. The van der Waals surface area contributed by atoms with E-state index in [0.29, 0.717) is 19.1 Å². The molecule has 0 saturated heterocycles. The first kappa shape index (κ1) is 15.5. The average molecular weight is 287 g/mol. The van der Waals surface area contributed by atoms with Crippen molar-refractivity contribution in [3.63, 3.8) is 0 Å². The molecule has 0 atom stereocenters. The van der Waals surface area contributed by atoms with Gasteiger partial charge in [-0.25, -0.2) is 4.98 Å². The van der Waals surface area contributed by atoms with Crippen molar-refractivity contribution in [2.24, 2.45) is 5.41 Å². The van der Waals surface area contributed by atoms with Gasteiger partial charge in [0.05, 0.1) is 25.5 Å². The molecule has 21 heavy (non-hydrogen) atoms. The molecule has 2 aromatic rings. The van der Waals surface area contributed by atoms with E-state index in [1.807, 2.05) is 62.4 Å². The third-order valence-electron chi connectivity index (χ3n) is 2.92. The Hall–Kier alpha value is -1.91. The minimum Gasteiger partial charge on any atom is -0.439 e. The number of nitrogens with zero attached hydrogens (tertiary/aromatic N) is 1. The van der Waals surface area contributed by atoms with Crippen LogP contribution in [-0.2, 0) is 11.3 Å². The Balaban J connectivity index is 1.92. The van der Waals surface area contributed by atoms with E-state index in [-0.39, 0.29) is 12.0 Å². The first-order valence-electron chi connectivity index (χ1n) is 6.96. The van der Waals surface area contributed by atoms with Crippen LogP contribution in [0, 0.1) is 5.41 Å². The van der Waals surface area contributed by atoms with E-state index in [9.17, 15) is 5.11 Å². The molecule has 0 spiro atoms. The van der Waals surface area contributed by atoms with Crippen molar-refractivity contribution in [2.75, 3.05) is 13.2 Å². The summed E-state index contributed by atoms with van der Waals surface area (Å²) in [4.78, 5) is 4.40. The summed E-state index contributed by atoms with van der Waals surface area (Å²) in [7, 11) is 0. The van der Waals surface area contributed by atoms with Crippen molar-refractivity contribution in [2.45, 2.75) is 20.5 Å². The van der Waals surface area contributed by atoms with Gasteiger partial charge in [0, 0.05) is 11.5 Å². The van der Waals surface area contributed by atoms with Gasteiger partial charge in [0.15, 0.2) is 0 Å². The Morgan fingerprint density at radius 1 is 1.05 bits per heavy atom. The minimum absolute atomic E-state index is 0.0948. The quantitative estimate of drug-likeness (QED) is 0.848. The second kappa shape index (κ2) is 7.20. The third-order valence-corrected chi connectivity index (χ3v) is 2.92. The standard InChI is InChI=1S/C17H21NO3/c1-17(2,12-19)13-20-11-14-7-6-10-16(18-14)21-15-8-4-3-5-9-15/h3-10,19H,11-13H2,1-2H3. The first-order chi connectivity index (χ1) is 10.1. The van der Waals surface area contributed by atoms with E-state index in [1.54, 1.807) is 0 Å². The van der Waals surface area contributed by atoms with E-state index < -0.39 is 0 Å². The summed E-state index contributed by atoms with van der Waals surface area (Å²) in [5, 5.41) is 9.18. The highest BCUT2D eigenvalue weighted by molar-refractivity contribution is 5.27. The molecule has 0 aliphatic carbocycles. The number of ether oxygens (including phenoxy) is 2. The summed E-state index contributed by atoms with van der Waals surface area (Å²) >= 11 is 0. The van der Waals surface area contributed by atoms with Gasteiger partial charge in [0.25, 0.3) is 0 Å². The lowest BCUT2D eigenvalue weighted by Crippen LogP contribution is -2.23. The van der Waals surface area contributed by atoms with E-state index in [0.717, 1.165) is 11.4 Å². The van der Waals surface area contributed by atoms with Crippen molar-refractivity contribution < 1.29 is 14.6 Å². The maximum Gasteiger partial charge on any atom is 0.219 e. The monoisotopic (exact) mass is 287 g/mol. The van der Waals surface area contributed by atoms with Crippen LogP contribution < -0.4 is 4.74 Å². The lowest BCUT2D eigenvalue weighted by Gasteiger charge is -2.21. The molecule has 112 valence electrons. The van der Waals surface area contributed by atoms with Gasteiger partial charge >= 0.3 is 0 Å². The van der Waals surface area contributed by atoms with Gasteiger partial charge in [0.1, 0.15) is 5.75 Å². The van der Waals surface area contributed by atoms with Crippen LogP contribution in [0.25, 0.3) is 0 Å². The predicted molar refractivity (Wildman–Crippen MR) is 81.3 cm³/mol. The van der Waals surface area contributed by atoms with Crippen molar-refractivity contribution >= 4 is 0 Å². The summed E-state index contributed by atoms with van der Waals surface area (Å²) in [5.41, 5.74) is 0.565. The van der Waals surface area contributed by atoms with Crippen LogP contribution >= 0.6 is 0 Å². The fraction of sp³-hybridized carbons (Fsp3) is 0.353. The average Bonchev–Trinajstić information content (AvgIpc) is 2.48. The number of hydrogen-bond donors (Lipinski definition) is 1. The predicted octanol–water partition coefficient (Wildman–Crippen LogP) is 3.41. The Morgan fingerprint density at radius 3 is 2.52 bits per heavy atom. The smallest absolute Gasteiger partial charge is 0.219 e. The van der Waals surface area contributed by atoms with E-state index >= 15 is 0 Å². The highest BCUT2D eigenvalue weighted by Crippen LogP contribution is 2.19. The second-order valence-electron chi connectivity index (χ2n) is 5.70. The second-order valence-corrected chi connectivity index (χ2v) is 5.70. The van der Waals surface area contributed by atoms with Crippen LogP contribution in [0.2, 0.25) is 0 Å². The van der Waals surface area contributed by atoms with Crippen LogP contribution in [0.4, 0.5) is 0 Å². The fourth-order valence-electron chi connectivity index (χ4n) is 1.68. The van der Waals surface area contributed by atoms with Crippen molar-refractivity contribution in [3.05, 3.63) is 54.2 Å². The zero-order valence-corrected chi connectivity index (χ0v) is 12.5. The molecule has 0 radical (unpaired) electrons. The number of aliphatic hydroxyl groups excluding tert-OH is 1. The maximum absolute atomic E-state index is 9.18. The van der Waals surface area contributed by atoms with Crippen LogP contribution in [0.5, 0.6) is 11.6 Å². The number of para-hydroxylation sites is 1. The number of rotatable bonds is 7. The molecule has 0 aliphatic heterocycles. The van der Waals surface area contributed by atoms with Crippen molar-refractivity contribution in [1.82, 2.24) is 4.98 Å². The lowest BCUT2D eigenvalue weighted by molar-refractivity contribution is 0.0185. The number of benzene rings is 1. The summed E-state index contributed by atoms with van der Waals surface area (Å²) in [6.45, 7) is 4.88. The van der Waals surface area contributed by atoms with Crippen LogP contribution in [0.3, 0.4) is 0 Å². The van der Waals surface area contributed by atoms with E-state index in [4.69, 9.17) is 9.47 Å². The number of aromatic nitrogens is 1. The highest BCUT2D eigenvalue weighted by atomic mass is 16.5. The Bertz CT molecular complexity index is 555. The van der Waals surface area contributed by atoms with Crippen LogP contribution in [0.1, 0.15) is 19.5 Å². The van der Waals surface area contributed by atoms with Gasteiger partial charge in [-0.1, -0.05) is 38.1 Å². The van der Waals surface area contributed by atoms with Crippen LogP contribution in [-0.4, -0.2) is 23.3 Å². The molecule has 1 N–H and O–H groups in total. The van der Waals surface area contributed by atoms with Gasteiger partial charge < -0.3 is 14.6 Å². The lowest BCUT2D eigenvalue weighted by atomic mass is 9.97. The molecular weight excluding hydrogens is 266 g/mol. The molecule has 4 heteroatoms. The highest BCUT2D eigenvalue weighted by Gasteiger charge is 2.16. The molecular formula is C17H21NO3. The molecule has 0 amide bonds. The number of aliphatic hydroxyl groups is 1. The van der Waals surface area contributed by atoms with Crippen molar-refractivity contribution in [3.8, 4) is 11.6 Å². The number of hydrogen-bond acceptors (Lipinski definition) is 4. The van der Waals surface area contributed by atoms with Gasteiger partial charge in [-0.2, -0.15) is 0 Å². The molecule has 0 saturated carbocycles. The zero-order valence-electron chi connectivity index (χ0n) is 12.5. The summed E-state index contributed by atoms with van der Waals surface area (Å²) in [6.07, 6.45) is 0. The van der Waals surface area contributed by atoms with Gasteiger partial charge in [-0.15, -0.1) is 0 Å². The summed E-state index contributed by atoms with van der Waals surface area (Å²) in [6, 6.07) is 15.1. The number of pyridine rings is 1. The van der Waals surface area contributed by atoms with Crippen molar-refractivity contribution in [1.29, 1.82) is 0 Å². The topological polar surface area (TPSA) is 51.6 Å². The Morgan fingerprint density at radius 2 is 1.81 bits per heavy atom. The normalized spacial score (nSPS) is 11.4. The third kappa shape index (κ3) is 5.17. The summed E-state index contributed by atoms with van der Waals surface area (Å²) < 4.78 is 11.3. The molecule has 4 nitrogen and oxygen atoms in total. The summed E-state index contributed by atoms with van der Waals surface area (Å²) in [5.74, 6) is 1.30. The zero-order chi connectivity index (χ0) is 15.1. The molecule has 0 bridgehead atoms.